The molecule has 1 aromatic carbocycles. The Hall–Kier alpha value is -1.75. The van der Waals surface area contributed by atoms with Crippen molar-refractivity contribution in [2.75, 3.05) is 11.9 Å². The van der Waals surface area contributed by atoms with Crippen molar-refractivity contribution in [2.24, 2.45) is 0 Å². The molecule has 0 saturated heterocycles. The lowest BCUT2D eigenvalue weighted by molar-refractivity contribution is -0.115. The van der Waals surface area contributed by atoms with Gasteiger partial charge in [-0.1, -0.05) is 36.9 Å². The number of amides is 3. The first-order chi connectivity index (χ1) is 11.0. The van der Waals surface area contributed by atoms with E-state index in [0.717, 1.165) is 36.8 Å². The van der Waals surface area contributed by atoms with Crippen LogP contribution in [0.4, 0.5) is 10.5 Å². The average molecular weight is 338 g/mol. The third-order valence-corrected chi connectivity index (χ3v) is 4.34. The van der Waals surface area contributed by atoms with E-state index in [9.17, 15) is 9.59 Å². The quantitative estimate of drug-likeness (QED) is 0.786. The molecule has 23 heavy (non-hydrogen) atoms. The molecule has 6 heteroatoms. The minimum absolute atomic E-state index is 0.0812. The van der Waals surface area contributed by atoms with Crippen LogP contribution >= 0.6 is 11.6 Å². The number of nitrogens with one attached hydrogen (secondary N) is 3. The SMILES string of the molecule is Cc1cc(C)c(NC(=O)CNC(=O)NC2CCCCC2)c(Cl)c1. The van der Waals surface area contributed by atoms with Crippen molar-refractivity contribution in [1.29, 1.82) is 0 Å². The molecule has 0 atom stereocenters. The molecule has 0 radical (unpaired) electrons. The van der Waals surface area contributed by atoms with Crippen molar-refractivity contribution < 1.29 is 9.59 Å². The molecule has 1 aliphatic carbocycles. The van der Waals surface area contributed by atoms with Crippen LogP contribution in [0, 0.1) is 13.8 Å². The van der Waals surface area contributed by atoms with Gasteiger partial charge in [0, 0.05) is 6.04 Å². The highest BCUT2D eigenvalue weighted by atomic mass is 35.5. The fourth-order valence-corrected chi connectivity index (χ4v) is 3.27. The van der Waals surface area contributed by atoms with E-state index in [4.69, 9.17) is 11.6 Å². The molecule has 1 fully saturated rings. The van der Waals surface area contributed by atoms with Crippen LogP contribution in [0.1, 0.15) is 43.2 Å². The Morgan fingerprint density at radius 3 is 2.52 bits per heavy atom. The number of aryl methyl sites for hydroxylation is 2. The number of hydrogen-bond acceptors (Lipinski definition) is 2. The molecule has 0 aliphatic heterocycles. The molecule has 0 heterocycles. The Labute approximate surface area is 142 Å². The van der Waals surface area contributed by atoms with Crippen molar-refractivity contribution in [1.82, 2.24) is 10.6 Å². The molecule has 126 valence electrons. The summed E-state index contributed by atoms with van der Waals surface area (Å²) in [7, 11) is 0. The molecular formula is C17H24ClN3O2. The summed E-state index contributed by atoms with van der Waals surface area (Å²) in [4.78, 5) is 23.8. The summed E-state index contributed by atoms with van der Waals surface area (Å²) in [5, 5.41) is 8.76. The topological polar surface area (TPSA) is 70.2 Å². The van der Waals surface area contributed by atoms with E-state index in [-0.39, 0.29) is 24.5 Å². The van der Waals surface area contributed by atoms with E-state index in [0.29, 0.717) is 10.7 Å². The number of anilines is 1. The lowest BCUT2D eigenvalue weighted by Gasteiger charge is -2.22. The highest BCUT2D eigenvalue weighted by Gasteiger charge is 2.16. The zero-order chi connectivity index (χ0) is 16.8. The summed E-state index contributed by atoms with van der Waals surface area (Å²) < 4.78 is 0. The average Bonchev–Trinajstić information content (AvgIpc) is 2.50. The number of carbonyl (C=O) groups is 2. The first-order valence-electron chi connectivity index (χ1n) is 8.06. The van der Waals surface area contributed by atoms with Gasteiger partial charge >= 0.3 is 6.03 Å². The number of halogens is 1. The number of hydrogen-bond donors (Lipinski definition) is 3. The monoisotopic (exact) mass is 337 g/mol. The maximum atomic E-state index is 12.0. The van der Waals surface area contributed by atoms with E-state index in [1.807, 2.05) is 19.9 Å². The van der Waals surface area contributed by atoms with Crippen molar-refractivity contribution in [3.8, 4) is 0 Å². The van der Waals surface area contributed by atoms with E-state index in [1.165, 1.54) is 6.42 Å². The first kappa shape index (κ1) is 17.6. The molecule has 1 aliphatic rings. The molecule has 2 rings (SSSR count). The molecule has 0 bridgehead atoms. The van der Waals surface area contributed by atoms with Crippen LogP contribution in [-0.4, -0.2) is 24.5 Å². The van der Waals surface area contributed by atoms with Crippen molar-refractivity contribution >= 4 is 29.2 Å². The van der Waals surface area contributed by atoms with Gasteiger partial charge in [0.25, 0.3) is 0 Å². The van der Waals surface area contributed by atoms with Gasteiger partial charge in [-0.3, -0.25) is 4.79 Å². The smallest absolute Gasteiger partial charge is 0.315 e. The third kappa shape index (κ3) is 5.43. The van der Waals surface area contributed by atoms with E-state index in [2.05, 4.69) is 16.0 Å². The van der Waals surface area contributed by atoms with Crippen LogP contribution in [-0.2, 0) is 4.79 Å². The van der Waals surface area contributed by atoms with E-state index < -0.39 is 0 Å². The van der Waals surface area contributed by atoms with Crippen LogP contribution in [0.2, 0.25) is 5.02 Å². The molecule has 1 saturated carbocycles. The Morgan fingerprint density at radius 2 is 1.87 bits per heavy atom. The fourth-order valence-electron chi connectivity index (χ4n) is 2.90. The minimum atomic E-state index is -0.294. The van der Waals surface area contributed by atoms with Gasteiger partial charge in [0.15, 0.2) is 0 Å². The molecule has 0 spiro atoms. The normalized spacial score (nSPS) is 15.1. The molecule has 0 unspecified atom stereocenters. The standard InChI is InChI=1S/C17H24ClN3O2/c1-11-8-12(2)16(14(18)9-11)21-15(22)10-19-17(23)20-13-6-4-3-5-7-13/h8-9,13H,3-7,10H2,1-2H3,(H,21,22)(H2,19,20,23). The molecule has 5 nitrogen and oxygen atoms in total. The summed E-state index contributed by atoms with van der Waals surface area (Å²) in [6.45, 7) is 3.75. The third-order valence-electron chi connectivity index (χ3n) is 4.05. The number of benzene rings is 1. The summed E-state index contributed by atoms with van der Waals surface area (Å²) in [6.07, 6.45) is 5.56. The van der Waals surface area contributed by atoms with Crippen LogP contribution < -0.4 is 16.0 Å². The number of carbonyl (C=O) groups excluding carboxylic acids is 2. The van der Waals surface area contributed by atoms with Gasteiger partial charge in [-0.05, 0) is 43.9 Å². The lowest BCUT2D eigenvalue weighted by atomic mass is 9.96. The van der Waals surface area contributed by atoms with Crippen LogP contribution in [0.5, 0.6) is 0 Å². The highest BCUT2D eigenvalue weighted by Crippen LogP contribution is 2.27. The van der Waals surface area contributed by atoms with Gasteiger partial charge in [0.05, 0.1) is 17.3 Å². The van der Waals surface area contributed by atoms with E-state index >= 15 is 0 Å². The van der Waals surface area contributed by atoms with Gasteiger partial charge < -0.3 is 16.0 Å². The Kier molecular flexibility index (Phi) is 6.28. The second kappa shape index (κ2) is 8.20. The highest BCUT2D eigenvalue weighted by molar-refractivity contribution is 6.34. The molecule has 0 aromatic heterocycles. The summed E-state index contributed by atoms with van der Waals surface area (Å²) in [5.74, 6) is -0.294. The Morgan fingerprint density at radius 1 is 1.17 bits per heavy atom. The van der Waals surface area contributed by atoms with Crippen LogP contribution in [0.15, 0.2) is 12.1 Å². The first-order valence-corrected chi connectivity index (χ1v) is 8.44. The zero-order valence-corrected chi connectivity index (χ0v) is 14.4. The van der Waals surface area contributed by atoms with E-state index in [1.54, 1.807) is 6.07 Å². The summed E-state index contributed by atoms with van der Waals surface area (Å²) in [6, 6.07) is 3.68. The molecular weight excluding hydrogens is 314 g/mol. The molecule has 3 N–H and O–H groups in total. The van der Waals surface area contributed by atoms with Crippen molar-refractivity contribution in [2.45, 2.75) is 52.0 Å². The molecule has 3 amide bonds. The maximum Gasteiger partial charge on any atom is 0.315 e. The van der Waals surface area contributed by atoms with Gasteiger partial charge in [-0.2, -0.15) is 0 Å². The van der Waals surface area contributed by atoms with Gasteiger partial charge in [0.2, 0.25) is 5.91 Å². The number of urea groups is 1. The van der Waals surface area contributed by atoms with Crippen LogP contribution in [0.25, 0.3) is 0 Å². The minimum Gasteiger partial charge on any atom is -0.335 e. The predicted octanol–water partition coefficient (Wildman–Crippen LogP) is 3.53. The predicted molar refractivity (Wildman–Crippen MR) is 93.0 cm³/mol. The van der Waals surface area contributed by atoms with Gasteiger partial charge in [-0.25, -0.2) is 4.79 Å². The second-order valence-electron chi connectivity index (χ2n) is 6.15. The summed E-state index contributed by atoms with van der Waals surface area (Å²) >= 11 is 6.16. The Bertz CT molecular complexity index is 560. The van der Waals surface area contributed by atoms with Gasteiger partial charge in [0.1, 0.15) is 0 Å². The maximum absolute atomic E-state index is 12.0. The second-order valence-corrected chi connectivity index (χ2v) is 6.56. The summed E-state index contributed by atoms with van der Waals surface area (Å²) in [5.41, 5.74) is 2.53. The fraction of sp³-hybridized carbons (Fsp3) is 0.529. The lowest BCUT2D eigenvalue weighted by Crippen LogP contribution is -2.45. The van der Waals surface area contributed by atoms with Crippen molar-refractivity contribution in [3.63, 3.8) is 0 Å². The van der Waals surface area contributed by atoms with Gasteiger partial charge in [-0.15, -0.1) is 0 Å². The molecule has 1 aromatic rings. The zero-order valence-electron chi connectivity index (χ0n) is 13.7. The van der Waals surface area contributed by atoms with Crippen LogP contribution in [0.3, 0.4) is 0 Å². The van der Waals surface area contributed by atoms with Crippen molar-refractivity contribution in [3.05, 3.63) is 28.3 Å². The number of rotatable bonds is 4. The largest absolute Gasteiger partial charge is 0.335 e. The Balaban J connectivity index is 1.80.